The van der Waals surface area contributed by atoms with Gasteiger partial charge in [0.1, 0.15) is 0 Å². The van der Waals surface area contributed by atoms with Crippen LogP contribution in [0.3, 0.4) is 0 Å². The summed E-state index contributed by atoms with van der Waals surface area (Å²) in [5, 5.41) is 0. The normalized spacial score (nSPS) is 9.70. The Morgan fingerprint density at radius 2 is 2.50 bits per heavy atom. The summed E-state index contributed by atoms with van der Waals surface area (Å²) in [5.41, 5.74) is 1.11. The summed E-state index contributed by atoms with van der Waals surface area (Å²) >= 11 is 0. The summed E-state index contributed by atoms with van der Waals surface area (Å²) in [6, 6.07) is 0. The SMILES string of the molecule is C=C(CCC)n1ccnc1. The van der Waals surface area contributed by atoms with Crippen LogP contribution in [0, 0.1) is 0 Å². The van der Waals surface area contributed by atoms with Gasteiger partial charge < -0.3 is 4.57 Å². The minimum absolute atomic E-state index is 1.04. The van der Waals surface area contributed by atoms with E-state index in [1.807, 2.05) is 10.8 Å². The van der Waals surface area contributed by atoms with Crippen molar-refractivity contribution in [1.29, 1.82) is 0 Å². The number of imidazole rings is 1. The molecule has 0 N–H and O–H groups in total. The lowest BCUT2D eigenvalue weighted by atomic mass is 10.3. The molecule has 54 valence electrons. The molecule has 1 aromatic heterocycles. The van der Waals surface area contributed by atoms with Gasteiger partial charge in [0, 0.05) is 18.1 Å². The van der Waals surface area contributed by atoms with Crippen LogP contribution in [0.15, 0.2) is 25.3 Å². The fraction of sp³-hybridized carbons (Fsp3) is 0.375. The number of rotatable bonds is 3. The van der Waals surface area contributed by atoms with E-state index >= 15 is 0 Å². The molecule has 1 heterocycles. The van der Waals surface area contributed by atoms with Gasteiger partial charge in [-0.1, -0.05) is 19.9 Å². The first-order valence-corrected chi connectivity index (χ1v) is 3.50. The van der Waals surface area contributed by atoms with Gasteiger partial charge in [-0.25, -0.2) is 4.98 Å². The molecule has 2 nitrogen and oxygen atoms in total. The third-order valence-corrected chi connectivity index (χ3v) is 1.41. The van der Waals surface area contributed by atoms with Crippen LogP contribution in [0.5, 0.6) is 0 Å². The maximum Gasteiger partial charge on any atom is 0.0988 e. The van der Waals surface area contributed by atoms with Gasteiger partial charge in [0.05, 0.1) is 6.33 Å². The maximum atomic E-state index is 3.93. The Balaban J connectivity index is 2.59. The Bertz CT molecular complexity index is 199. The van der Waals surface area contributed by atoms with E-state index in [2.05, 4.69) is 18.5 Å². The van der Waals surface area contributed by atoms with Crippen LogP contribution in [-0.4, -0.2) is 9.55 Å². The Kier molecular flexibility index (Phi) is 2.26. The second-order valence-corrected chi connectivity index (χ2v) is 2.29. The third-order valence-electron chi connectivity index (χ3n) is 1.41. The number of hydrogen-bond acceptors (Lipinski definition) is 1. The van der Waals surface area contributed by atoms with Crippen molar-refractivity contribution in [2.75, 3.05) is 0 Å². The summed E-state index contributed by atoms with van der Waals surface area (Å²) in [6.07, 6.45) is 7.63. The molecule has 0 amide bonds. The highest BCUT2D eigenvalue weighted by Crippen LogP contribution is 2.07. The Morgan fingerprint density at radius 3 is 3.00 bits per heavy atom. The number of nitrogens with zero attached hydrogens (tertiary/aromatic N) is 2. The van der Waals surface area contributed by atoms with E-state index in [0.717, 1.165) is 18.5 Å². The summed E-state index contributed by atoms with van der Waals surface area (Å²) in [4.78, 5) is 3.93. The van der Waals surface area contributed by atoms with E-state index < -0.39 is 0 Å². The van der Waals surface area contributed by atoms with Gasteiger partial charge in [-0.05, 0) is 6.42 Å². The van der Waals surface area contributed by atoms with Crippen LogP contribution in [0.4, 0.5) is 0 Å². The minimum Gasteiger partial charge on any atom is -0.311 e. The Labute approximate surface area is 61.2 Å². The van der Waals surface area contributed by atoms with Crippen LogP contribution in [0.1, 0.15) is 19.8 Å². The highest BCUT2D eigenvalue weighted by Gasteiger charge is 1.92. The van der Waals surface area contributed by atoms with Gasteiger partial charge in [0.25, 0.3) is 0 Å². The fourth-order valence-corrected chi connectivity index (χ4v) is 0.864. The lowest BCUT2D eigenvalue weighted by Gasteiger charge is -2.02. The first kappa shape index (κ1) is 7.06. The second-order valence-electron chi connectivity index (χ2n) is 2.29. The van der Waals surface area contributed by atoms with Gasteiger partial charge in [0.15, 0.2) is 0 Å². The molecule has 0 atom stereocenters. The molecule has 10 heavy (non-hydrogen) atoms. The molecule has 1 rings (SSSR count). The summed E-state index contributed by atoms with van der Waals surface area (Å²) in [6.45, 7) is 6.05. The zero-order chi connectivity index (χ0) is 7.40. The molecule has 0 aromatic carbocycles. The van der Waals surface area contributed by atoms with Crippen molar-refractivity contribution in [1.82, 2.24) is 9.55 Å². The molecule has 0 spiro atoms. The lowest BCUT2D eigenvalue weighted by Crippen LogP contribution is -1.90. The minimum atomic E-state index is 1.04. The van der Waals surface area contributed by atoms with E-state index in [1.165, 1.54) is 0 Å². The molecule has 1 aromatic rings. The Hall–Kier alpha value is -1.05. The van der Waals surface area contributed by atoms with E-state index in [4.69, 9.17) is 0 Å². The third kappa shape index (κ3) is 1.47. The molecule has 0 aliphatic rings. The highest BCUT2D eigenvalue weighted by atomic mass is 15.0. The predicted octanol–water partition coefficient (Wildman–Crippen LogP) is 2.15. The van der Waals surface area contributed by atoms with Crippen LogP contribution in [0.25, 0.3) is 5.70 Å². The van der Waals surface area contributed by atoms with Crippen LogP contribution >= 0.6 is 0 Å². The van der Waals surface area contributed by atoms with Crippen molar-refractivity contribution in [3.8, 4) is 0 Å². The summed E-state index contributed by atoms with van der Waals surface area (Å²) in [5.74, 6) is 0. The standard InChI is InChI=1S/C8H12N2/c1-3-4-8(2)10-6-5-9-7-10/h5-7H,2-4H2,1H3. The monoisotopic (exact) mass is 136 g/mol. The molecular weight excluding hydrogens is 124 g/mol. The average molecular weight is 136 g/mol. The van der Waals surface area contributed by atoms with Crippen LogP contribution in [-0.2, 0) is 0 Å². The highest BCUT2D eigenvalue weighted by molar-refractivity contribution is 5.39. The molecule has 0 saturated carbocycles. The van der Waals surface area contributed by atoms with Crippen molar-refractivity contribution in [3.63, 3.8) is 0 Å². The smallest absolute Gasteiger partial charge is 0.0988 e. The Morgan fingerprint density at radius 1 is 1.70 bits per heavy atom. The summed E-state index contributed by atoms with van der Waals surface area (Å²) in [7, 11) is 0. The topological polar surface area (TPSA) is 17.8 Å². The van der Waals surface area contributed by atoms with Gasteiger partial charge >= 0.3 is 0 Å². The lowest BCUT2D eigenvalue weighted by molar-refractivity contribution is 0.904. The molecular formula is C8H12N2. The first-order chi connectivity index (χ1) is 4.84. The summed E-state index contributed by atoms with van der Waals surface area (Å²) < 4.78 is 1.95. The van der Waals surface area contributed by atoms with Crippen molar-refractivity contribution in [2.45, 2.75) is 19.8 Å². The van der Waals surface area contributed by atoms with Gasteiger partial charge in [-0.15, -0.1) is 0 Å². The second kappa shape index (κ2) is 3.20. The molecule has 2 heteroatoms. The molecule has 0 radical (unpaired) electrons. The molecule has 0 unspecified atom stereocenters. The molecule has 0 aliphatic carbocycles. The van der Waals surface area contributed by atoms with E-state index in [0.29, 0.717) is 0 Å². The van der Waals surface area contributed by atoms with Gasteiger partial charge in [-0.2, -0.15) is 0 Å². The molecule has 0 fully saturated rings. The predicted molar refractivity (Wildman–Crippen MR) is 42.5 cm³/mol. The number of allylic oxidation sites excluding steroid dienone is 1. The van der Waals surface area contributed by atoms with Crippen molar-refractivity contribution in [3.05, 3.63) is 25.3 Å². The molecule has 0 bridgehead atoms. The number of hydrogen-bond donors (Lipinski definition) is 0. The largest absolute Gasteiger partial charge is 0.311 e. The van der Waals surface area contributed by atoms with Gasteiger partial charge in [0.2, 0.25) is 0 Å². The van der Waals surface area contributed by atoms with Crippen LogP contribution < -0.4 is 0 Å². The average Bonchev–Trinajstić information content (AvgIpc) is 2.38. The van der Waals surface area contributed by atoms with E-state index in [9.17, 15) is 0 Å². The van der Waals surface area contributed by atoms with Crippen molar-refractivity contribution in [2.24, 2.45) is 0 Å². The zero-order valence-electron chi connectivity index (χ0n) is 6.25. The van der Waals surface area contributed by atoms with Crippen molar-refractivity contribution >= 4 is 5.70 Å². The number of aromatic nitrogens is 2. The fourth-order valence-electron chi connectivity index (χ4n) is 0.864. The van der Waals surface area contributed by atoms with Crippen LogP contribution in [0.2, 0.25) is 0 Å². The van der Waals surface area contributed by atoms with E-state index in [-0.39, 0.29) is 0 Å². The van der Waals surface area contributed by atoms with Crippen molar-refractivity contribution < 1.29 is 0 Å². The zero-order valence-corrected chi connectivity index (χ0v) is 6.25. The quantitative estimate of drug-likeness (QED) is 0.622. The first-order valence-electron chi connectivity index (χ1n) is 3.50. The van der Waals surface area contributed by atoms with E-state index in [1.54, 1.807) is 12.5 Å². The molecule has 0 aliphatic heterocycles. The molecule has 0 saturated heterocycles. The maximum absolute atomic E-state index is 3.93. The van der Waals surface area contributed by atoms with Gasteiger partial charge in [-0.3, -0.25) is 0 Å².